The Kier molecular flexibility index (Phi) is 4.77. The first-order chi connectivity index (χ1) is 7.69. The average molecular weight is 221 g/mol. The molecule has 0 aliphatic rings. The first-order valence-electron chi connectivity index (χ1n) is 5.09. The summed E-state index contributed by atoms with van der Waals surface area (Å²) in [6.07, 6.45) is 1.40. The van der Waals surface area contributed by atoms with Crippen LogP contribution in [0.2, 0.25) is 0 Å². The van der Waals surface area contributed by atoms with Crippen LogP contribution in [0.1, 0.15) is 31.4 Å². The van der Waals surface area contributed by atoms with Gasteiger partial charge in [0.05, 0.1) is 0 Å². The van der Waals surface area contributed by atoms with Gasteiger partial charge < -0.3 is 5.73 Å². The molecule has 0 saturated carbocycles. The number of hydrazine groups is 1. The predicted molar refractivity (Wildman–Crippen MR) is 63.6 cm³/mol. The summed E-state index contributed by atoms with van der Waals surface area (Å²) in [7, 11) is 0. The highest BCUT2D eigenvalue weighted by Crippen LogP contribution is 2.24. The van der Waals surface area contributed by atoms with Crippen LogP contribution in [0.5, 0.6) is 0 Å². The molecular formula is C12H16FN3. The Morgan fingerprint density at radius 3 is 2.88 bits per heavy atom. The normalized spacial score (nSPS) is 11.7. The van der Waals surface area contributed by atoms with E-state index in [1.54, 1.807) is 13.0 Å². The molecule has 0 bridgehead atoms. The molecule has 0 saturated heterocycles. The van der Waals surface area contributed by atoms with Gasteiger partial charge in [-0.15, -0.1) is 11.8 Å². The number of halogens is 1. The summed E-state index contributed by atoms with van der Waals surface area (Å²) in [4.78, 5) is 0. The lowest BCUT2D eigenvalue weighted by molar-refractivity contribution is 0.520. The lowest BCUT2D eigenvalue weighted by Gasteiger charge is -2.17. The fourth-order valence-corrected chi connectivity index (χ4v) is 1.52. The van der Waals surface area contributed by atoms with E-state index >= 15 is 0 Å². The minimum absolute atomic E-state index is 0.170. The van der Waals surface area contributed by atoms with Crippen LogP contribution in [0, 0.1) is 17.7 Å². The summed E-state index contributed by atoms with van der Waals surface area (Å²) in [5.41, 5.74) is 9.62. The Morgan fingerprint density at radius 2 is 2.25 bits per heavy atom. The van der Waals surface area contributed by atoms with E-state index < -0.39 is 0 Å². The molecule has 1 atom stereocenters. The topological polar surface area (TPSA) is 64.1 Å². The molecule has 3 nitrogen and oxygen atoms in total. The molecular weight excluding hydrogens is 205 g/mol. The van der Waals surface area contributed by atoms with Crippen molar-refractivity contribution < 1.29 is 4.39 Å². The van der Waals surface area contributed by atoms with Crippen molar-refractivity contribution in [3.05, 3.63) is 29.6 Å². The Labute approximate surface area is 95.0 Å². The van der Waals surface area contributed by atoms with Gasteiger partial charge in [0.2, 0.25) is 0 Å². The molecule has 1 rings (SSSR count). The third kappa shape index (κ3) is 3.23. The van der Waals surface area contributed by atoms with Gasteiger partial charge in [-0.05, 0) is 37.1 Å². The second-order valence-corrected chi connectivity index (χ2v) is 3.46. The standard InChI is InChI=1S/C12H16FN3/c1-2-3-4-5-12(16-15)10-8-9(13)6-7-11(10)14/h6-8,12,16H,4-5,14-15H2,1H3. The van der Waals surface area contributed by atoms with E-state index in [1.165, 1.54) is 12.1 Å². The van der Waals surface area contributed by atoms with E-state index in [2.05, 4.69) is 17.3 Å². The van der Waals surface area contributed by atoms with Crippen LogP contribution in [0.4, 0.5) is 10.1 Å². The zero-order valence-corrected chi connectivity index (χ0v) is 9.26. The zero-order valence-electron chi connectivity index (χ0n) is 9.26. The van der Waals surface area contributed by atoms with Gasteiger partial charge in [0.15, 0.2) is 0 Å². The van der Waals surface area contributed by atoms with E-state index in [0.29, 0.717) is 24.1 Å². The highest BCUT2D eigenvalue weighted by atomic mass is 19.1. The Balaban J connectivity index is 2.84. The highest BCUT2D eigenvalue weighted by molar-refractivity contribution is 5.48. The summed E-state index contributed by atoms with van der Waals surface area (Å²) in [5.74, 6) is 10.9. The van der Waals surface area contributed by atoms with E-state index in [1.807, 2.05) is 0 Å². The van der Waals surface area contributed by atoms with Crippen LogP contribution in [-0.2, 0) is 0 Å². The maximum Gasteiger partial charge on any atom is 0.123 e. The van der Waals surface area contributed by atoms with Crippen molar-refractivity contribution in [2.45, 2.75) is 25.8 Å². The molecule has 16 heavy (non-hydrogen) atoms. The van der Waals surface area contributed by atoms with E-state index in [-0.39, 0.29) is 11.9 Å². The summed E-state index contributed by atoms with van der Waals surface area (Å²) in [6, 6.07) is 4.11. The monoisotopic (exact) mass is 221 g/mol. The molecule has 0 radical (unpaired) electrons. The van der Waals surface area contributed by atoms with Gasteiger partial charge in [-0.25, -0.2) is 4.39 Å². The molecule has 0 aliphatic carbocycles. The molecule has 0 fully saturated rings. The average Bonchev–Trinajstić information content (AvgIpc) is 2.28. The number of hydrogen-bond acceptors (Lipinski definition) is 3. The second-order valence-electron chi connectivity index (χ2n) is 3.46. The second kappa shape index (κ2) is 6.11. The predicted octanol–water partition coefficient (Wildman–Crippen LogP) is 1.72. The third-order valence-corrected chi connectivity index (χ3v) is 2.36. The molecule has 0 aliphatic heterocycles. The fourth-order valence-electron chi connectivity index (χ4n) is 1.52. The molecule has 4 heteroatoms. The third-order valence-electron chi connectivity index (χ3n) is 2.36. The van der Waals surface area contributed by atoms with E-state index in [4.69, 9.17) is 11.6 Å². The van der Waals surface area contributed by atoms with Crippen molar-refractivity contribution in [2.24, 2.45) is 5.84 Å². The quantitative estimate of drug-likeness (QED) is 0.314. The van der Waals surface area contributed by atoms with E-state index in [9.17, 15) is 4.39 Å². The highest BCUT2D eigenvalue weighted by Gasteiger charge is 2.12. The van der Waals surface area contributed by atoms with Crippen LogP contribution in [0.25, 0.3) is 0 Å². The SMILES string of the molecule is CC#CCCC(NN)c1cc(F)ccc1N. The summed E-state index contributed by atoms with van der Waals surface area (Å²) < 4.78 is 13.1. The Morgan fingerprint density at radius 1 is 1.50 bits per heavy atom. The fraction of sp³-hybridized carbons (Fsp3) is 0.333. The molecule has 5 N–H and O–H groups in total. The maximum absolute atomic E-state index is 13.1. The molecule has 0 amide bonds. The lowest BCUT2D eigenvalue weighted by atomic mass is 10.0. The minimum atomic E-state index is -0.314. The Bertz CT molecular complexity index is 406. The summed E-state index contributed by atoms with van der Waals surface area (Å²) in [6.45, 7) is 1.78. The molecule has 1 aromatic rings. The number of nitrogens with one attached hydrogen (secondary N) is 1. The molecule has 0 aromatic heterocycles. The zero-order chi connectivity index (χ0) is 12.0. The number of benzene rings is 1. The number of anilines is 1. The van der Waals surface area contributed by atoms with Crippen molar-refractivity contribution in [2.75, 3.05) is 5.73 Å². The van der Waals surface area contributed by atoms with Crippen molar-refractivity contribution in [1.82, 2.24) is 5.43 Å². The molecule has 0 heterocycles. The van der Waals surface area contributed by atoms with Gasteiger partial charge in [-0.1, -0.05) is 0 Å². The number of hydrogen-bond donors (Lipinski definition) is 3. The van der Waals surface area contributed by atoms with Gasteiger partial charge in [0.25, 0.3) is 0 Å². The van der Waals surface area contributed by atoms with Crippen LogP contribution < -0.4 is 17.0 Å². The molecule has 1 aromatic carbocycles. The van der Waals surface area contributed by atoms with Gasteiger partial charge in [0.1, 0.15) is 5.82 Å². The number of rotatable bonds is 4. The van der Waals surface area contributed by atoms with Gasteiger partial charge >= 0.3 is 0 Å². The lowest BCUT2D eigenvalue weighted by Crippen LogP contribution is -2.28. The van der Waals surface area contributed by atoms with Gasteiger partial charge in [0, 0.05) is 18.2 Å². The first kappa shape index (κ1) is 12.5. The maximum atomic E-state index is 13.1. The van der Waals surface area contributed by atoms with Gasteiger partial charge in [-0.3, -0.25) is 11.3 Å². The molecule has 86 valence electrons. The van der Waals surface area contributed by atoms with Crippen LogP contribution in [0.15, 0.2) is 18.2 Å². The largest absolute Gasteiger partial charge is 0.398 e. The van der Waals surface area contributed by atoms with Crippen LogP contribution in [0.3, 0.4) is 0 Å². The van der Waals surface area contributed by atoms with Crippen molar-refractivity contribution >= 4 is 5.69 Å². The van der Waals surface area contributed by atoms with Gasteiger partial charge in [-0.2, -0.15) is 0 Å². The first-order valence-corrected chi connectivity index (χ1v) is 5.09. The molecule has 0 spiro atoms. The Hall–Kier alpha value is -1.57. The van der Waals surface area contributed by atoms with E-state index in [0.717, 1.165) is 0 Å². The van der Waals surface area contributed by atoms with Crippen molar-refractivity contribution in [3.63, 3.8) is 0 Å². The smallest absolute Gasteiger partial charge is 0.123 e. The molecule has 1 unspecified atom stereocenters. The number of nitrogen functional groups attached to an aromatic ring is 1. The van der Waals surface area contributed by atoms with Crippen molar-refractivity contribution in [3.8, 4) is 11.8 Å². The number of nitrogens with two attached hydrogens (primary N) is 2. The summed E-state index contributed by atoms with van der Waals surface area (Å²) in [5, 5.41) is 0. The van der Waals surface area contributed by atoms with Crippen LogP contribution >= 0.6 is 0 Å². The summed E-state index contributed by atoms with van der Waals surface area (Å²) >= 11 is 0. The van der Waals surface area contributed by atoms with Crippen LogP contribution in [-0.4, -0.2) is 0 Å². The minimum Gasteiger partial charge on any atom is -0.398 e. The van der Waals surface area contributed by atoms with Crippen molar-refractivity contribution in [1.29, 1.82) is 0 Å².